The Labute approximate surface area is 142 Å². The molecule has 1 aliphatic rings. The van der Waals surface area contributed by atoms with E-state index in [1.165, 1.54) is 5.56 Å². The lowest BCUT2D eigenvalue weighted by Gasteiger charge is -2.31. The Bertz CT molecular complexity index is 644. The maximum Gasteiger partial charge on any atom is 0.260 e. The molecule has 2 aromatic rings. The SMILES string of the molecule is CC(C)c1ccc(OCC(=O)N2CCC(n3nccn3)CC2)cc1. The summed E-state index contributed by atoms with van der Waals surface area (Å²) in [5.41, 5.74) is 1.27. The first-order chi connectivity index (χ1) is 11.6. The third kappa shape index (κ3) is 3.93. The van der Waals surface area contributed by atoms with Crippen molar-refractivity contribution in [2.24, 2.45) is 0 Å². The lowest BCUT2D eigenvalue weighted by atomic mass is 10.0. The largest absolute Gasteiger partial charge is 0.484 e. The molecule has 1 aromatic heterocycles. The number of likely N-dealkylation sites (tertiary alicyclic amines) is 1. The zero-order valence-corrected chi connectivity index (χ0v) is 14.3. The smallest absolute Gasteiger partial charge is 0.260 e. The molecule has 6 nitrogen and oxygen atoms in total. The molecule has 0 spiro atoms. The summed E-state index contributed by atoms with van der Waals surface area (Å²) in [6.07, 6.45) is 5.14. The number of nitrogens with zero attached hydrogens (tertiary/aromatic N) is 4. The number of amides is 1. The standard InChI is InChI=1S/C18H24N4O2/c1-14(2)15-3-5-17(6-4-15)24-13-18(23)21-11-7-16(8-12-21)22-19-9-10-20-22/h3-6,9-10,14,16H,7-8,11-13H2,1-2H3. The number of hydrogen-bond donors (Lipinski definition) is 0. The molecule has 2 heterocycles. The first-order valence-corrected chi connectivity index (χ1v) is 8.50. The summed E-state index contributed by atoms with van der Waals surface area (Å²) >= 11 is 0. The molecule has 6 heteroatoms. The minimum atomic E-state index is 0.0369. The quantitative estimate of drug-likeness (QED) is 0.846. The van der Waals surface area contributed by atoms with Gasteiger partial charge < -0.3 is 9.64 Å². The molecule has 0 bridgehead atoms. The number of rotatable bonds is 5. The van der Waals surface area contributed by atoms with Gasteiger partial charge in [0.15, 0.2) is 6.61 Å². The monoisotopic (exact) mass is 328 g/mol. The van der Waals surface area contributed by atoms with Crippen LogP contribution in [0.4, 0.5) is 0 Å². The van der Waals surface area contributed by atoms with Crippen molar-refractivity contribution >= 4 is 5.91 Å². The summed E-state index contributed by atoms with van der Waals surface area (Å²) in [7, 11) is 0. The number of ether oxygens (including phenoxy) is 1. The Kier molecular flexibility index (Phi) is 5.13. The Morgan fingerprint density at radius 3 is 2.38 bits per heavy atom. The molecule has 1 amide bonds. The highest BCUT2D eigenvalue weighted by Gasteiger charge is 2.24. The van der Waals surface area contributed by atoms with Crippen molar-refractivity contribution in [3.8, 4) is 5.75 Å². The lowest BCUT2D eigenvalue weighted by molar-refractivity contribution is -0.134. The van der Waals surface area contributed by atoms with Gasteiger partial charge in [-0.05, 0) is 36.5 Å². The topological polar surface area (TPSA) is 60.2 Å². The van der Waals surface area contributed by atoms with Crippen LogP contribution in [0.5, 0.6) is 5.75 Å². The zero-order valence-electron chi connectivity index (χ0n) is 14.3. The fourth-order valence-corrected chi connectivity index (χ4v) is 2.95. The molecule has 0 saturated carbocycles. The van der Waals surface area contributed by atoms with Gasteiger partial charge in [-0.1, -0.05) is 26.0 Å². The molecule has 128 valence electrons. The highest BCUT2D eigenvalue weighted by molar-refractivity contribution is 5.77. The highest BCUT2D eigenvalue weighted by Crippen LogP contribution is 2.21. The Morgan fingerprint density at radius 2 is 1.79 bits per heavy atom. The maximum atomic E-state index is 12.3. The van der Waals surface area contributed by atoms with Gasteiger partial charge in [0.25, 0.3) is 5.91 Å². The predicted octanol–water partition coefficient (Wildman–Crippen LogP) is 2.64. The maximum absolute atomic E-state index is 12.3. The minimum Gasteiger partial charge on any atom is -0.484 e. The van der Waals surface area contributed by atoms with Gasteiger partial charge in [-0.25, -0.2) is 0 Å². The van der Waals surface area contributed by atoms with Crippen LogP contribution in [0.1, 0.15) is 44.2 Å². The summed E-state index contributed by atoms with van der Waals surface area (Å²) in [5, 5.41) is 8.37. The van der Waals surface area contributed by atoms with Crippen molar-refractivity contribution in [2.75, 3.05) is 19.7 Å². The molecular weight excluding hydrogens is 304 g/mol. The third-order valence-corrected chi connectivity index (χ3v) is 4.49. The Morgan fingerprint density at radius 1 is 1.17 bits per heavy atom. The van der Waals surface area contributed by atoms with Gasteiger partial charge in [0.2, 0.25) is 0 Å². The van der Waals surface area contributed by atoms with E-state index < -0.39 is 0 Å². The second-order valence-electron chi connectivity index (χ2n) is 6.47. The predicted molar refractivity (Wildman–Crippen MR) is 90.9 cm³/mol. The molecule has 0 aliphatic carbocycles. The molecule has 0 atom stereocenters. The van der Waals surface area contributed by atoms with Crippen molar-refractivity contribution in [1.29, 1.82) is 0 Å². The summed E-state index contributed by atoms with van der Waals surface area (Å²) in [4.78, 5) is 15.9. The molecule has 3 rings (SSSR count). The van der Waals surface area contributed by atoms with Gasteiger partial charge in [0.05, 0.1) is 18.4 Å². The molecular formula is C18H24N4O2. The van der Waals surface area contributed by atoms with Gasteiger partial charge >= 0.3 is 0 Å². The van der Waals surface area contributed by atoms with E-state index >= 15 is 0 Å². The molecule has 0 N–H and O–H groups in total. The summed E-state index contributed by atoms with van der Waals surface area (Å²) in [6.45, 7) is 5.84. The highest BCUT2D eigenvalue weighted by atomic mass is 16.5. The van der Waals surface area contributed by atoms with Crippen LogP contribution in [0.3, 0.4) is 0 Å². The van der Waals surface area contributed by atoms with E-state index in [1.54, 1.807) is 17.2 Å². The number of carbonyl (C=O) groups is 1. The first-order valence-electron chi connectivity index (χ1n) is 8.50. The molecule has 0 radical (unpaired) electrons. The van der Waals surface area contributed by atoms with E-state index in [1.807, 2.05) is 29.2 Å². The number of aromatic nitrogens is 3. The Balaban J connectivity index is 1.46. The number of benzene rings is 1. The number of hydrogen-bond acceptors (Lipinski definition) is 4. The molecule has 24 heavy (non-hydrogen) atoms. The Hall–Kier alpha value is -2.37. The third-order valence-electron chi connectivity index (χ3n) is 4.49. The van der Waals surface area contributed by atoms with E-state index in [9.17, 15) is 4.79 Å². The first kappa shape index (κ1) is 16.5. The van der Waals surface area contributed by atoms with Crippen LogP contribution in [0, 0.1) is 0 Å². The van der Waals surface area contributed by atoms with E-state index in [2.05, 4.69) is 24.0 Å². The van der Waals surface area contributed by atoms with Gasteiger partial charge in [-0.3, -0.25) is 4.79 Å². The second kappa shape index (κ2) is 7.47. The van der Waals surface area contributed by atoms with Crippen molar-refractivity contribution < 1.29 is 9.53 Å². The lowest BCUT2D eigenvalue weighted by Crippen LogP contribution is -2.41. The minimum absolute atomic E-state index is 0.0369. The van der Waals surface area contributed by atoms with Crippen molar-refractivity contribution in [1.82, 2.24) is 19.9 Å². The van der Waals surface area contributed by atoms with Gasteiger partial charge in [-0.15, -0.1) is 0 Å². The molecule has 0 unspecified atom stereocenters. The summed E-state index contributed by atoms with van der Waals surface area (Å²) in [6, 6.07) is 8.24. The molecule has 1 aromatic carbocycles. The molecule has 1 fully saturated rings. The van der Waals surface area contributed by atoms with Crippen LogP contribution < -0.4 is 4.74 Å². The van der Waals surface area contributed by atoms with E-state index in [-0.39, 0.29) is 18.6 Å². The average Bonchev–Trinajstić information content (AvgIpc) is 3.15. The van der Waals surface area contributed by atoms with Crippen LogP contribution in [0.2, 0.25) is 0 Å². The number of carbonyl (C=O) groups excluding carboxylic acids is 1. The molecule has 1 aliphatic heterocycles. The average molecular weight is 328 g/mol. The molecule has 1 saturated heterocycles. The normalized spacial score (nSPS) is 15.7. The second-order valence-corrected chi connectivity index (χ2v) is 6.47. The van der Waals surface area contributed by atoms with Gasteiger partial charge in [0.1, 0.15) is 5.75 Å². The summed E-state index contributed by atoms with van der Waals surface area (Å²) in [5.74, 6) is 1.27. The van der Waals surface area contributed by atoms with Gasteiger partial charge in [0, 0.05) is 13.1 Å². The zero-order chi connectivity index (χ0) is 16.9. The fourth-order valence-electron chi connectivity index (χ4n) is 2.95. The van der Waals surface area contributed by atoms with Crippen LogP contribution in [0.25, 0.3) is 0 Å². The number of piperidine rings is 1. The van der Waals surface area contributed by atoms with Gasteiger partial charge in [-0.2, -0.15) is 15.0 Å². The van der Waals surface area contributed by atoms with Crippen LogP contribution in [-0.4, -0.2) is 45.5 Å². The van der Waals surface area contributed by atoms with E-state index in [4.69, 9.17) is 4.74 Å². The van der Waals surface area contributed by atoms with Crippen LogP contribution in [0.15, 0.2) is 36.7 Å². The van der Waals surface area contributed by atoms with Crippen molar-refractivity contribution in [2.45, 2.75) is 38.6 Å². The van der Waals surface area contributed by atoms with E-state index in [0.29, 0.717) is 5.92 Å². The summed E-state index contributed by atoms with van der Waals surface area (Å²) < 4.78 is 5.63. The van der Waals surface area contributed by atoms with Crippen LogP contribution >= 0.6 is 0 Å². The van der Waals surface area contributed by atoms with Crippen molar-refractivity contribution in [3.05, 3.63) is 42.2 Å². The van der Waals surface area contributed by atoms with Crippen molar-refractivity contribution in [3.63, 3.8) is 0 Å². The van der Waals surface area contributed by atoms with Crippen LogP contribution in [-0.2, 0) is 4.79 Å². The van der Waals surface area contributed by atoms with E-state index in [0.717, 1.165) is 31.7 Å². The fraction of sp³-hybridized carbons (Fsp3) is 0.500.